The zero-order valence-electron chi connectivity index (χ0n) is 4.47. The van der Waals surface area contributed by atoms with E-state index in [9.17, 15) is 0 Å². The van der Waals surface area contributed by atoms with Crippen LogP contribution in [-0.4, -0.2) is 22.2 Å². The first-order chi connectivity index (χ1) is 3.83. The molecule has 1 heterocycles. The molecule has 4 heteroatoms. The van der Waals surface area contributed by atoms with E-state index in [1.165, 1.54) is 0 Å². The van der Waals surface area contributed by atoms with Crippen LogP contribution in [0.3, 0.4) is 0 Å². The number of hydrogen-bond acceptors (Lipinski definition) is 3. The van der Waals surface area contributed by atoms with Crippen LogP contribution in [0.25, 0.3) is 0 Å². The van der Waals surface area contributed by atoms with Crippen LogP contribution >= 0.6 is 23.5 Å². The molecule has 0 fully saturated rings. The number of thioether (sulfide) groups is 2. The van der Waals surface area contributed by atoms with Gasteiger partial charge in [0.2, 0.25) is 0 Å². The van der Waals surface area contributed by atoms with E-state index < -0.39 is 0 Å². The van der Waals surface area contributed by atoms with Crippen LogP contribution in [0, 0.1) is 5.41 Å². The molecule has 8 heavy (non-hydrogen) atoms. The van der Waals surface area contributed by atoms with Gasteiger partial charge < -0.3 is 0 Å². The number of nitrogens with one attached hydrogen (secondary N) is 1. The minimum absolute atomic E-state index is 0.499. The van der Waals surface area contributed by atoms with Crippen molar-refractivity contribution in [2.45, 2.75) is 0 Å². The summed E-state index contributed by atoms with van der Waals surface area (Å²) < 4.78 is 1.02. The van der Waals surface area contributed by atoms with E-state index in [4.69, 9.17) is 5.41 Å². The Labute approximate surface area is 56.7 Å². The topological polar surface area (TPSA) is 36.2 Å². The van der Waals surface area contributed by atoms with Crippen LogP contribution in [0.4, 0.5) is 0 Å². The maximum absolute atomic E-state index is 7.06. The fourth-order valence-corrected chi connectivity index (χ4v) is 1.76. The highest BCUT2D eigenvalue weighted by Gasteiger charge is 2.08. The van der Waals surface area contributed by atoms with Crippen molar-refractivity contribution >= 4 is 33.7 Å². The molecule has 1 aliphatic heterocycles. The molecule has 0 spiro atoms. The Bertz CT molecular complexity index is 141. The Balaban J connectivity index is 2.57. The van der Waals surface area contributed by atoms with Gasteiger partial charge in [-0.15, -0.1) is 11.8 Å². The predicted molar refractivity (Wildman–Crippen MR) is 41.1 cm³/mol. The van der Waals surface area contributed by atoms with E-state index >= 15 is 0 Å². The van der Waals surface area contributed by atoms with Gasteiger partial charge in [0, 0.05) is 0 Å². The quantitative estimate of drug-likeness (QED) is 0.561. The average molecular weight is 146 g/mol. The first-order valence-corrected chi connectivity index (χ1v) is 4.37. The molecule has 0 saturated heterocycles. The molecule has 0 amide bonds. The van der Waals surface area contributed by atoms with E-state index in [0.717, 1.165) is 10.1 Å². The molecule has 1 rings (SSSR count). The van der Waals surface area contributed by atoms with E-state index in [1.54, 1.807) is 23.5 Å². The molecule has 1 N–H and O–H groups in total. The van der Waals surface area contributed by atoms with Crippen molar-refractivity contribution in [3.05, 3.63) is 0 Å². The highest BCUT2D eigenvalue weighted by molar-refractivity contribution is 8.39. The van der Waals surface area contributed by atoms with Crippen molar-refractivity contribution in [2.75, 3.05) is 12.0 Å². The van der Waals surface area contributed by atoms with Crippen LogP contribution in [0.15, 0.2) is 4.99 Å². The summed E-state index contributed by atoms with van der Waals surface area (Å²) >= 11 is 3.25. The van der Waals surface area contributed by atoms with E-state index in [1.807, 2.05) is 6.26 Å². The van der Waals surface area contributed by atoms with Crippen molar-refractivity contribution in [2.24, 2.45) is 4.99 Å². The lowest BCUT2D eigenvalue weighted by Crippen LogP contribution is -1.84. The molecule has 0 atom stereocenters. The molecule has 2 nitrogen and oxygen atoms in total. The molecule has 0 saturated carbocycles. The summed E-state index contributed by atoms with van der Waals surface area (Å²) in [6, 6.07) is 0. The highest BCUT2D eigenvalue weighted by Crippen LogP contribution is 2.20. The lowest BCUT2D eigenvalue weighted by Gasteiger charge is -1.84. The van der Waals surface area contributed by atoms with Crippen molar-refractivity contribution in [3.8, 4) is 0 Å². The lowest BCUT2D eigenvalue weighted by molar-refractivity contribution is 1.44. The number of rotatable bonds is 0. The normalized spacial score (nSPS) is 19.1. The van der Waals surface area contributed by atoms with Gasteiger partial charge in [-0.25, -0.2) is 4.99 Å². The molecule has 0 radical (unpaired) electrons. The minimum atomic E-state index is 0.499. The summed E-state index contributed by atoms with van der Waals surface area (Å²) in [5, 5.41) is 7.06. The number of amidine groups is 1. The Morgan fingerprint density at radius 2 is 2.62 bits per heavy atom. The summed E-state index contributed by atoms with van der Waals surface area (Å²) in [6.07, 6.45) is 1.98. The minimum Gasteiger partial charge on any atom is -0.286 e. The van der Waals surface area contributed by atoms with Gasteiger partial charge in [-0.2, -0.15) is 0 Å². The molecule has 0 aliphatic carbocycles. The van der Waals surface area contributed by atoms with Crippen molar-refractivity contribution < 1.29 is 0 Å². The zero-order valence-corrected chi connectivity index (χ0v) is 6.10. The molecular weight excluding hydrogens is 140 g/mol. The lowest BCUT2D eigenvalue weighted by atomic mass is 10.7. The largest absolute Gasteiger partial charge is 0.286 e. The fraction of sp³-hybridized carbons (Fsp3) is 0.500. The Morgan fingerprint density at radius 1 is 1.88 bits per heavy atom. The molecular formula is C4H6N2S2. The molecule has 0 bridgehead atoms. The first-order valence-electron chi connectivity index (χ1n) is 2.16. The van der Waals surface area contributed by atoms with Crippen LogP contribution in [-0.2, 0) is 0 Å². The highest BCUT2D eigenvalue weighted by atomic mass is 32.2. The van der Waals surface area contributed by atoms with Gasteiger partial charge >= 0.3 is 0 Å². The van der Waals surface area contributed by atoms with Crippen molar-refractivity contribution in [1.82, 2.24) is 0 Å². The molecule has 0 aromatic carbocycles. The number of aliphatic imine (C=N–C) groups is 1. The molecule has 0 unspecified atom stereocenters. The monoisotopic (exact) mass is 146 g/mol. The van der Waals surface area contributed by atoms with E-state index in [0.29, 0.717) is 5.84 Å². The third-order valence-corrected chi connectivity index (χ3v) is 2.78. The maximum atomic E-state index is 7.06. The number of hydrogen-bond donors (Lipinski definition) is 1. The van der Waals surface area contributed by atoms with Crippen LogP contribution in [0.1, 0.15) is 0 Å². The first kappa shape index (κ1) is 6.16. The summed E-state index contributed by atoms with van der Waals surface area (Å²) in [7, 11) is 0. The van der Waals surface area contributed by atoms with Crippen LogP contribution in [0.2, 0.25) is 0 Å². The second-order valence-corrected chi connectivity index (χ2v) is 3.33. The second kappa shape index (κ2) is 2.55. The fourth-order valence-electron chi connectivity index (χ4n) is 0.409. The third-order valence-electron chi connectivity index (χ3n) is 0.733. The summed E-state index contributed by atoms with van der Waals surface area (Å²) in [6.45, 7) is 0. The second-order valence-electron chi connectivity index (χ2n) is 1.32. The third kappa shape index (κ3) is 1.26. The van der Waals surface area contributed by atoms with Gasteiger partial charge in [-0.05, 0) is 6.26 Å². The van der Waals surface area contributed by atoms with Gasteiger partial charge in [0.25, 0.3) is 0 Å². The molecule has 0 aromatic rings. The molecule has 44 valence electrons. The average Bonchev–Trinajstić information content (AvgIpc) is 2.14. The van der Waals surface area contributed by atoms with Crippen LogP contribution in [0.5, 0.6) is 0 Å². The van der Waals surface area contributed by atoms with Crippen LogP contribution < -0.4 is 0 Å². The van der Waals surface area contributed by atoms with Gasteiger partial charge in [0.15, 0.2) is 0 Å². The summed E-state index contributed by atoms with van der Waals surface area (Å²) in [5.41, 5.74) is 0. The summed E-state index contributed by atoms with van der Waals surface area (Å²) in [4.78, 5) is 3.93. The van der Waals surface area contributed by atoms with Crippen molar-refractivity contribution in [1.29, 1.82) is 5.41 Å². The molecule has 0 aromatic heterocycles. The van der Waals surface area contributed by atoms with Crippen molar-refractivity contribution in [3.63, 3.8) is 0 Å². The SMILES string of the molecule is CSC1=NC(=N)CS1. The Hall–Kier alpha value is 0.0400. The van der Waals surface area contributed by atoms with E-state index in [2.05, 4.69) is 4.99 Å². The Morgan fingerprint density at radius 3 is 2.88 bits per heavy atom. The van der Waals surface area contributed by atoms with E-state index in [-0.39, 0.29) is 0 Å². The Kier molecular flexibility index (Phi) is 1.96. The number of nitrogens with zero attached hydrogens (tertiary/aromatic N) is 1. The van der Waals surface area contributed by atoms with Gasteiger partial charge in [0.05, 0.1) is 5.75 Å². The van der Waals surface area contributed by atoms with Gasteiger partial charge in [-0.1, -0.05) is 11.8 Å². The van der Waals surface area contributed by atoms with Gasteiger partial charge in [0.1, 0.15) is 10.2 Å². The summed E-state index contributed by atoms with van der Waals surface area (Å²) in [5.74, 6) is 1.26. The maximum Gasteiger partial charge on any atom is 0.132 e. The standard InChI is InChI=1S/C4H6N2S2/c1-7-4-6-3(5)2-8-4/h5H,2H2,1H3. The van der Waals surface area contributed by atoms with Gasteiger partial charge in [-0.3, -0.25) is 5.41 Å². The smallest absolute Gasteiger partial charge is 0.132 e. The molecule has 1 aliphatic rings. The zero-order chi connectivity index (χ0) is 5.98. The predicted octanol–water partition coefficient (Wildman–Crippen LogP) is 1.43.